The Morgan fingerprint density at radius 2 is 1.71 bits per heavy atom. The topological polar surface area (TPSA) is 24.9 Å². The number of benzene rings is 1. The number of rotatable bonds is 5. The molecule has 0 fully saturated rings. The van der Waals surface area contributed by atoms with Crippen molar-refractivity contribution in [1.29, 1.82) is 0 Å². The molecule has 2 nitrogen and oxygen atoms in total. The second kappa shape index (κ2) is 7.26. The molecule has 1 aromatic carbocycles. The Morgan fingerprint density at radius 1 is 1.10 bits per heavy atom. The molecule has 1 unspecified atom stereocenters. The van der Waals surface area contributed by atoms with Crippen LogP contribution in [0.4, 0.5) is 0 Å². The summed E-state index contributed by atoms with van der Waals surface area (Å²) < 4.78 is 0. The van der Waals surface area contributed by atoms with Crippen molar-refractivity contribution in [2.75, 3.05) is 6.54 Å². The van der Waals surface area contributed by atoms with E-state index >= 15 is 0 Å². The van der Waals surface area contributed by atoms with E-state index in [1.54, 1.807) is 12.3 Å². The molecular formula is C17H20Cl2N2. The quantitative estimate of drug-likeness (QED) is 0.817. The van der Waals surface area contributed by atoms with E-state index in [-0.39, 0.29) is 6.04 Å². The highest BCUT2D eigenvalue weighted by Gasteiger charge is 2.18. The van der Waals surface area contributed by atoms with E-state index in [1.807, 2.05) is 0 Å². The van der Waals surface area contributed by atoms with Crippen molar-refractivity contribution in [2.45, 2.75) is 32.7 Å². The number of nitrogens with one attached hydrogen (secondary N) is 1. The van der Waals surface area contributed by atoms with Gasteiger partial charge in [0.2, 0.25) is 0 Å². The van der Waals surface area contributed by atoms with Gasteiger partial charge < -0.3 is 5.32 Å². The maximum Gasteiger partial charge on any atom is 0.0805 e. The number of aromatic nitrogens is 1. The molecule has 112 valence electrons. The lowest BCUT2D eigenvalue weighted by atomic mass is 9.97. The van der Waals surface area contributed by atoms with Crippen LogP contribution in [0.2, 0.25) is 10.0 Å². The predicted molar refractivity (Wildman–Crippen MR) is 90.3 cm³/mol. The third-order valence-corrected chi connectivity index (χ3v) is 3.96. The van der Waals surface area contributed by atoms with Crippen LogP contribution in [-0.4, -0.2) is 11.5 Å². The van der Waals surface area contributed by atoms with Gasteiger partial charge in [0.1, 0.15) is 0 Å². The first-order valence-corrected chi connectivity index (χ1v) is 7.92. The predicted octanol–water partition coefficient (Wildman–Crippen LogP) is 5.21. The maximum atomic E-state index is 6.30. The fourth-order valence-electron chi connectivity index (χ4n) is 2.29. The summed E-state index contributed by atoms with van der Waals surface area (Å²) >= 11 is 12.2. The van der Waals surface area contributed by atoms with Crippen LogP contribution >= 0.6 is 23.2 Å². The van der Waals surface area contributed by atoms with Crippen molar-refractivity contribution >= 4 is 23.2 Å². The standard InChI is InChI=1S/C17H20Cl2N2/c1-4-20-16(17-15(19)9-14(18)10-21-17)13-7-5-12(6-8-13)11(2)3/h5-11,16,20H,4H2,1-3H3. The molecule has 0 radical (unpaired) electrons. The van der Waals surface area contributed by atoms with Gasteiger partial charge in [-0.25, -0.2) is 0 Å². The van der Waals surface area contributed by atoms with Gasteiger partial charge in [-0.15, -0.1) is 0 Å². The number of hydrogen-bond donors (Lipinski definition) is 1. The van der Waals surface area contributed by atoms with E-state index in [4.69, 9.17) is 23.2 Å². The van der Waals surface area contributed by atoms with Gasteiger partial charge in [-0.1, -0.05) is 68.2 Å². The van der Waals surface area contributed by atoms with Crippen molar-refractivity contribution in [3.05, 3.63) is 63.4 Å². The smallest absolute Gasteiger partial charge is 0.0805 e. The van der Waals surface area contributed by atoms with E-state index in [1.165, 1.54) is 5.56 Å². The summed E-state index contributed by atoms with van der Waals surface area (Å²) in [5, 5.41) is 4.57. The Balaban J connectivity index is 2.38. The fraction of sp³-hybridized carbons (Fsp3) is 0.353. The van der Waals surface area contributed by atoms with Gasteiger partial charge in [-0.2, -0.15) is 0 Å². The van der Waals surface area contributed by atoms with Crippen LogP contribution < -0.4 is 5.32 Å². The summed E-state index contributed by atoms with van der Waals surface area (Å²) in [5.74, 6) is 0.522. The molecule has 0 saturated carbocycles. The summed E-state index contributed by atoms with van der Waals surface area (Å²) in [4.78, 5) is 4.40. The van der Waals surface area contributed by atoms with E-state index in [0.717, 1.165) is 17.8 Å². The molecule has 1 atom stereocenters. The molecule has 0 spiro atoms. The zero-order valence-corrected chi connectivity index (χ0v) is 14.0. The Labute approximate surface area is 136 Å². The van der Waals surface area contributed by atoms with E-state index in [9.17, 15) is 0 Å². The van der Waals surface area contributed by atoms with Gasteiger partial charge in [0.25, 0.3) is 0 Å². The molecule has 21 heavy (non-hydrogen) atoms. The zero-order valence-electron chi connectivity index (χ0n) is 12.5. The van der Waals surface area contributed by atoms with Crippen LogP contribution in [0.1, 0.15) is 49.6 Å². The summed E-state index contributed by atoms with van der Waals surface area (Å²) in [6.07, 6.45) is 1.63. The second-order valence-electron chi connectivity index (χ2n) is 5.33. The van der Waals surface area contributed by atoms with E-state index in [0.29, 0.717) is 16.0 Å². The zero-order chi connectivity index (χ0) is 15.4. The lowest BCUT2D eigenvalue weighted by molar-refractivity contribution is 0.615. The van der Waals surface area contributed by atoms with Crippen molar-refractivity contribution in [2.24, 2.45) is 0 Å². The third-order valence-electron chi connectivity index (χ3n) is 3.45. The van der Waals surface area contributed by atoms with Gasteiger partial charge in [-0.05, 0) is 29.7 Å². The average molecular weight is 323 g/mol. The van der Waals surface area contributed by atoms with Crippen LogP contribution in [0.5, 0.6) is 0 Å². The first-order valence-electron chi connectivity index (χ1n) is 7.17. The minimum Gasteiger partial charge on any atom is -0.305 e. The number of hydrogen-bond acceptors (Lipinski definition) is 2. The van der Waals surface area contributed by atoms with Gasteiger partial charge in [0, 0.05) is 6.20 Å². The van der Waals surface area contributed by atoms with Crippen molar-refractivity contribution in [1.82, 2.24) is 10.3 Å². The van der Waals surface area contributed by atoms with Gasteiger partial charge in [0.05, 0.1) is 21.8 Å². The summed E-state index contributed by atoms with van der Waals surface area (Å²) in [5.41, 5.74) is 3.28. The van der Waals surface area contributed by atoms with Crippen LogP contribution in [0, 0.1) is 0 Å². The molecule has 1 aromatic heterocycles. The molecule has 1 heterocycles. The Kier molecular flexibility index (Phi) is 5.63. The third kappa shape index (κ3) is 3.97. The monoisotopic (exact) mass is 322 g/mol. The molecule has 0 aliphatic rings. The van der Waals surface area contributed by atoms with Crippen LogP contribution in [0.15, 0.2) is 36.5 Å². The number of nitrogens with zero attached hydrogens (tertiary/aromatic N) is 1. The summed E-state index contributed by atoms with van der Waals surface area (Å²) in [6, 6.07) is 10.3. The van der Waals surface area contributed by atoms with Gasteiger partial charge in [-0.3, -0.25) is 4.98 Å². The summed E-state index contributed by atoms with van der Waals surface area (Å²) in [7, 11) is 0. The maximum absolute atomic E-state index is 6.30. The lowest BCUT2D eigenvalue weighted by Gasteiger charge is -2.20. The van der Waals surface area contributed by atoms with Crippen molar-refractivity contribution in [3.63, 3.8) is 0 Å². The molecule has 0 amide bonds. The molecular weight excluding hydrogens is 303 g/mol. The van der Waals surface area contributed by atoms with Crippen LogP contribution in [0.3, 0.4) is 0 Å². The van der Waals surface area contributed by atoms with Gasteiger partial charge >= 0.3 is 0 Å². The lowest BCUT2D eigenvalue weighted by Crippen LogP contribution is -2.23. The van der Waals surface area contributed by atoms with Crippen molar-refractivity contribution in [3.8, 4) is 0 Å². The Morgan fingerprint density at radius 3 is 2.24 bits per heavy atom. The van der Waals surface area contributed by atoms with Crippen LogP contribution in [-0.2, 0) is 0 Å². The number of pyridine rings is 1. The highest BCUT2D eigenvalue weighted by molar-refractivity contribution is 6.34. The normalized spacial score (nSPS) is 12.7. The van der Waals surface area contributed by atoms with Crippen molar-refractivity contribution < 1.29 is 0 Å². The molecule has 1 N–H and O–H groups in total. The summed E-state index contributed by atoms with van der Waals surface area (Å²) in [6.45, 7) is 7.28. The molecule has 0 aliphatic heterocycles. The van der Waals surface area contributed by atoms with Gasteiger partial charge in [0.15, 0.2) is 0 Å². The SMILES string of the molecule is CCNC(c1ccc(C(C)C)cc1)c1ncc(Cl)cc1Cl. The van der Waals surface area contributed by atoms with E-state index in [2.05, 4.69) is 55.3 Å². The molecule has 2 rings (SSSR count). The molecule has 0 bridgehead atoms. The first kappa shape index (κ1) is 16.3. The van der Waals surface area contributed by atoms with Crippen LogP contribution in [0.25, 0.3) is 0 Å². The van der Waals surface area contributed by atoms with E-state index < -0.39 is 0 Å². The molecule has 2 aromatic rings. The highest BCUT2D eigenvalue weighted by atomic mass is 35.5. The molecule has 0 aliphatic carbocycles. The second-order valence-corrected chi connectivity index (χ2v) is 6.18. The Hall–Kier alpha value is -1.09. The fourth-order valence-corrected chi connectivity index (χ4v) is 2.78. The largest absolute Gasteiger partial charge is 0.305 e. The first-order chi connectivity index (χ1) is 10.0. The number of halogens is 2. The minimum absolute atomic E-state index is 0.0269. The highest BCUT2D eigenvalue weighted by Crippen LogP contribution is 2.29. The molecule has 4 heteroatoms. The minimum atomic E-state index is -0.0269. The molecule has 0 saturated heterocycles. The average Bonchev–Trinajstić information content (AvgIpc) is 2.46. The Bertz CT molecular complexity index is 594.